The number of morpholine rings is 1. The first-order valence-corrected chi connectivity index (χ1v) is 10.5. The number of aromatic nitrogens is 2. The second kappa shape index (κ2) is 7.50. The second-order valence-corrected chi connectivity index (χ2v) is 8.14. The fourth-order valence-corrected chi connectivity index (χ4v) is 4.15. The lowest BCUT2D eigenvalue weighted by Gasteiger charge is -2.28. The van der Waals surface area contributed by atoms with Gasteiger partial charge in [-0.2, -0.15) is 0 Å². The van der Waals surface area contributed by atoms with Crippen molar-refractivity contribution in [3.8, 4) is 0 Å². The molecule has 0 radical (unpaired) electrons. The maximum atomic E-state index is 12.6. The molecule has 1 aliphatic heterocycles. The first-order chi connectivity index (χ1) is 11.6. The number of hydrogen-bond donors (Lipinski definition) is 0. The van der Waals surface area contributed by atoms with Crippen LogP contribution in [-0.4, -0.2) is 50.9 Å². The SMILES string of the molecule is CSc1nc(CS(=O)(=O)c2ccccc2)cc(N2CCOCC2)n1. The minimum Gasteiger partial charge on any atom is -0.378 e. The Morgan fingerprint density at radius 3 is 2.54 bits per heavy atom. The Hall–Kier alpha value is -1.64. The highest BCUT2D eigenvalue weighted by atomic mass is 32.2. The van der Waals surface area contributed by atoms with Gasteiger partial charge in [-0.1, -0.05) is 30.0 Å². The van der Waals surface area contributed by atoms with Crippen LogP contribution in [0.4, 0.5) is 5.82 Å². The van der Waals surface area contributed by atoms with Crippen LogP contribution in [0.15, 0.2) is 46.5 Å². The smallest absolute Gasteiger partial charge is 0.189 e. The normalized spacial score (nSPS) is 15.5. The molecule has 0 bridgehead atoms. The van der Waals surface area contributed by atoms with Crippen LogP contribution in [0, 0.1) is 0 Å². The van der Waals surface area contributed by atoms with Crippen molar-refractivity contribution < 1.29 is 13.2 Å². The molecule has 0 aliphatic carbocycles. The Balaban J connectivity index is 1.90. The highest BCUT2D eigenvalue weighted by Crippen LogP contribution is 2.22. The van der Waals surface area contributed by atoms with Crippen molar-refractivity contribution in [3.05, 3.63) is 42.1 Å². The first-order valence-electron chi connectivity index (χ1n) is 7.61. The number of nitrogens with zero attached hydrogens (tertiary/aromatic N) is 3. The quantitative estimate of drug-likeness (QED) is 0.593. The molecular weight excluding hydrogens is 346 g/mol. The van der Waals surface area contributed by atoms with Crippen molar-refractivity contribution in [1.29, 1.82) is 0 Å². The van der Waals surface area contributed by atoms with E-state index < -0.39 is 9.84 Å². The van der Waals surface area contributed by atoms with Crippen molar-refractivity contribution in [2.75, 3.05) is 37.5 Å². The van der Waals surface area contributed by atoms with E-state index in [4.69, 9.17) is 4.74 Å². The summed E-state index contributed by atoms with van der Waals surface area (Å²) in [5, 5.41) is 0.581. The maximum absolute atomic E-state index is 12.6. The van der Waals surface area contributed by atoms with Crippen LogP contribution in [0.1, 0.15) is 5.69 Å². The molecule has 0 saturated carbocycles. The molecule has 128 valence electrons. The molecule has 0 N–H and O–H groups in total. The Morgan fingerprint density at radius 1 is 1.17 bits per heavy atom. The summed E-state index contributed by atoms with van der Waals surface area (Å²) in [6.07, 6.45) is 1.88. The number of sulfone groups is 1. The van der Waals surface area contributed by atoms with E-state index in [9.17, 15) is 8.42 Å². The van der Waals surface area contributed by atoms with Crippen molar-refractivity contribution in [2.45, 2.75) is 15.8 Å². The summed E-state index contributed by atoms with van der Waals surface area (Å²) in [5.74, 6) is 0.626. The lowest BCUT2D eigenvalue weighted by Crippen LogP contribution is -2.37. The lowest BCUT2D eigenvalue weighted by atomic mass is 10.3. The van der Waals surface area contributed by atoms with Crippen molar-refractivity contribution in [3.63, 3.8) is 0 Å². The molecule has 0 unspecified atom stereocenters. The van der Waals surface area contributed by atoms with Crippen molar-refractivity contribution in [1.82, 2.24) is 9.97 Å². The summed E-state index contributed by atoms with van der Waals surface area (Å²) in [4.78, 5) is 11.3. The summed E-state index contributed by atoms with van der Waals surface area (Å²) >= 11 is 1.41. The van der Waals surface area contributed by atoms with Gasteiger partial charge in [0, 0.05) is 19.2 Å². The van der Waals surface area contributed by atoms with Gasteiger partial charge >= 0.3 is 0 Å². The summed E-state index contributed by atoms with van der Waals surface area (Å²) in [6, 6.07) is 10.2. The summed E-state index contributed by atoms with van der Waals surface area (Å²) in [7, 11) is -3.43. The van der Waals surface area contributed by atoms with Crippen LogP contribution in [-0.2, 0) is 20.3 Å². The van der Waals surface area contributed by atoms with E-state index in [1.54, 1.807) is 36.4 Å². The molecule has 24 heavy (non-hydrogen) atoms. The van der Waals surface area contributed by atoms with Gasteiger partial charge in [0.1, 0.15) is 5.82 Å². The van der Waals surface area contributed by atoms with E-state index in [0.29, 0.717) is 29.0 Å². The monoisotopic (exact) mass is 365 g/mol. The van der Waals surface area contributed by atoms with Gasteiger partial charge < -0.3 is 9.64 Å². The summed E-state index contributed by atoms with van der Waals surface area (Å²) in [5.41, 5.74) is 0.514. The number of rotatable bonds is 5. The number of benzene rings is 1. The van der Waals surface area contributed by atoms with Gasteiger partial charge in [0.05, 0.1) is 29.6 Å². The standard InChI is InChI=1S/C16H19N3O3S2/c1-23-16-17-13(11-15(18-16)19-7-9-22-10-8-19)12-24(20,21)14-5-3-2-4-6-14/h2-6,11H,7-10,12H2,1H3. The molecule has 2 heterocycles. The highest BCUT2D eigenvalue weighted by molar-refractivity contribution is 7.98. The van der Waals surface area contributed by atoms with Gasteiger partial charge in [-0.05, 0) is 18.4 Å². The zero-order chi connectivity index (χ0) is 17.0. The van der Waals surface area contributed by atoms with Crippen molar-refractivity contribution >= 4 is 27.4 Å². The van der Waals surface area contributed by atoms with Crippen LogP contribution in [0.25, 0.3) is 0 Å². The van der Waals surface area contributed by atoms with E-state index in [1.807, 2.05) is 6.26 Å². The van der Waals surface area contributed by atoms with Crippen LogP contribution in [0.3, 0.4) is 0 Å². The van der Waals surface area contributed by atoms with E-state index in [1.165, 1.54) is 11.8 Å². The minimum absolute atomic E-state index is 0.134. The van der Waals surface area contributed by atoms with Gasteiger partial charge in [-0.3, -0.25) is 0 Å². The van der Waals surface area contributed by atoms with E-state index in [0.717, 1.165) is 18.9 Å². The molecular formula is C16H19N3O3S2. The topological polar surface area (TPSA) is 72.4 Å². The van der Waals surface area contributed by atoms with Crippen molar-refractivity contribution in [2.24, 2.45) is 0 Å². The Bertz CT molecular complexity index is 791. The van der Waals surface area contributed by atoms with Crippen LogP contribution >= 0.6 is 11.8 Å². The Morgan fingerprint density at radius 2 is 1.88 bits per heavy atom. The third-order valence-electron chi connectivity index (χ3n) is 3.70. The molecule has 0 amide bonds. The number of anilines is 1. The third kappa shape index (κ3) is 4.06. The van der Waals surface area contributed by atoms with E-state index in [2.05, 4.69) is 14.9 Å². The molecule has 0 spiro atoms. The molecule has 6 nitrogen and oxygen atoms in total. The molecule has 1 aromatic carbocycles. The number of thioether (sulfide) groups is 1. The second-order valence-electron chi connectivity index (χ2n) is 5.38. The zero-order valence-corrected chi connectivity index (χ0v) is 15.0. The molecule has 3 rings (SSSR count). The fraction of sp³-hybridized carbons (Fsp3) is 0.375. The van der Waals surface area contributed by atoms with Gasteiger partial charge in [0.25, 0.3) is 0 Å². The zero-order valence-electron chi connectivity index (χ0n) is 13.4. The highest BCUT2D eigenvalue weighted by Gasteiger charge is 2.19. The van der Waals surface area contributed by atoms with Gasteiger partial charge in [-0.15, -0.1) is 0 Å². The molecule has 1 saturated heterocycles. The third-order valence-corrected chi connectivity index (χ3v) is 5.92. The fourth-order valence-electron chi connectivity index (χ4n) is 2.48. The minimum atomic E-state index is -3.43. The molecule has 2 aromatic rings. The first kappa shape index (κ1) is 17.2. The van der Waals surface area contributed by atoms with Gasteiger partial charge in [-0.25, -0.2) is 18.4 Å². The summed E-state index contributed by atoms with van der Waals surface area (Å²) in [6.45, 7) is 2.79. The van der Waals surface area contributed by atoms with E-state index in [-0.39, 0.29) is 5.75 Å². The predicted molar refractivity (Wildman–Crippen MR) is 94.2 cm³/mol. The lowest BCUT2D eigenvalue weighted by molar-refractivity contribution is 0.122. The average molecular weight is 365 g/mol. The van der Waals surface area contributed by atoms with Gasteiger partial charge in [0.2, 0.25) is 0 Å². The maximum Gasteiger partial charge on any atom is 0.189 e. The predicted octanol–water partition coefficient (Wildman–Crippen LogP) is 2.01. The molecule has 0 atom stereocenters. The molecule has 1 aromatic heterocycles. The Kier molecular flexibility index (Phi) is 5.37. The van der Waals surface area contributed by atoms with Crippen LogP contribution in [0.2, 0.25) is 0 Å². The molecule has 1 fully saturated rings. The number of hydrogen-bond acceptors (Lipinski definition) is 7. The average Bonchev–Trinajstić information content (AvgIpc) is 2.62. The van der Waals surface area contributed by atoms with Gasteiger partial charge in [0.15, 0.2) is 15.0 Å². The Labute approximate surface area is 146 Å². The van der Waals surface area contributed by atoms with Crippen LogP contribution in [0.5, 0.6) is 0 Å². The number of ether oxygens (including phenoxy) is 1. The van der Waals surface area contributed by atoms with E-state index >= 15 is 0 Å². The van der Waals surface area contributed by atoms with Crippen LogP contribution < -0.4 is 4.90 Å². The summed E-state index contributed by atoms with van der Waals surface area (Å²) < 4.78 is 30.5. The molecule has 8 heteroatoms. The largest absolute Gasteiger partial charge is 0.378 e. The molecule has 1 aliphatic rings.